The number of nitriles is 1. The van der Waals surface area contributed by atoms with Gasteiger partial charge in [0.15, 0.2) is 11.5 Å². The van der Waals surface area contributed by atoms with E-state index in [0.717, 1.165) is 17.5 Å². The fourth-order valence-corrected chi connectivity index (χ4v) is 2.73. The second-order valence-corrected chi connectivity index (χ2v) is 5.90. The first-order valence-electron chi connectivity index (χ1n) is 7.98. The summed E-state index contributed by atoms with van der Waals surface area (Å²) >= 11 is 0. The number of aryl methyl sites for hydroxylation is 2. The molecule has 0 aliphatic carbocycles. The summed E-state index contributed by atoms with van der Waals surface area (Å²) in [7, 11) is 0. The van der Waals surface area contributed by atoms with Gasteiger partial charge in [0.1, 0.15) is 6.07 Å². The van der Waals surface area contributed by atoms with E-state index in [4.69, 9.17) is 5.26 Å². The highest BCUT2D eigenvalue weighted by Gasteiger charge is 2.34. The Kier molecular flexibility index (Phi) is 4.81. The summed E-state index contributed by atoms with van der Waals surface area (Å²) < 4.78 is 42.2. The molecule has 0 saturated heterocycles. The van der Waals surface area contributed by atoms with E-state index in [0.29, 0.717) is 5.69 Å². The zero-order valence-electron chi connectivity index (χ0n) is 14.5. The topological polar surface area (TPSA) is 79.4 Å². The Bertz CT molecular complexity index is 1020. The molecule has 138 valence electrons. The molecule has 9 heteroatoms. The molecular weight excluding hydrogens is 357 g/mol. The van der Waals surface area contributed by atoms with Gasteiger partial charge in [-0.3, -0.25) is 0 Å². The molecule has 27 heavy (non-hydrogen) atoms. The second-order valence-electron chi connectivity index (χ2n) is 5.90. The van der Waals surface area contributed by atoms with E-state index in [1.54, 1.807) is 26.0 Å². The predicted molar refractivity (Wildman–Crippen MR) is 92.1 cm³/mol. The molecular formula is C18H15F3N6. The molecule has 0 bridgehead atoms. The van der Waals surface area contributed by atoms with Gasteiger partial charge in [0.25, 0.3) is 0 Å². The Hall–Kier alpha value is -3.41. The van der Waals surface area contributed by atoms with Crippen molar-refractivity contribution in [3.8, 4) is 11.8 Å². The van der Waals surface area contributed by atoms with Gasteiger partial charge in [-0.25, -0.2) is 14.6 Å². The molecule has 0 fully saturated rings. The Morgan fingerprint density at radius 1 is 1.15 bits per heavy atom. The van der Waals surface area contributed by atoms with Gasteiger partial charge < -0.3 is 5.32 Å². The lowest BCUT2D eigenvalue weighted by Gasteiger charge is -2.16. The Morgan fingerprint density at radius 3 is 2.52 bits per heavy atom. The summed E-state index contributed by atoms with van der Waals surface area (Å²) in [5, 5.41) is 16.0. The average Bonchev–Trinajstić information content (AvgIpc) is 2.97. The first kappa shape index (κ1) is 18.4. The average molecular weight is 372 g/mol. The molecule has 0 saturated carbocycles. The quantitative estimate of drug-likeness (QED) is 0.754. The number of benzene rings is 1. The Morgan fingerprint density at radius 2 is 1.89 bits per heavy atom. The molecule has 0 atom stereocenters. The van der Waals surface area contributed by atoms with Gasteiger partial charge >= 0.3 is 6.18 Å². The molecule has 0 unspecified atom stereocenters. The van der Waals surface area contributed by atoms with Crippen molar-refractivity contribution in [1.29, 1.82) is 5.26 Å². The van der Waals surface area contributed by atoms with Crippen molar-refractivity contribution >= 4 is 5.82 Å². The van der Waals surface area contributed by atoms with E-state index in [1.165, 1.54) is 23.1 Å². The maximum atomic E-state index is 13.6. The number of rotatable bonds is 4. The number of nitrogens with zero attached hydrogens (tertiary/aromatic N) is 5. The smallest absolute Gasteiger partial charge is 0.364 e. The zero-order chi connectivity index (χ0) is 19.6. The molecule has 0 aliphatic rings. The van der Waals surface area contributed by atoms with Crippen LogP contribution in [-0.4, -0.2) is 19.7 Å². The summed E-state index contributed by atoms with van der Waals surface area (Å²) in [5.74, 6) is 0.135. The van der Waals surface area contributed by atoms with E-state index < -0.39 is 11.7 Å². The summed E-state index contributed by atoms with van der Waals surface area (Å²) in [6.07, 6.45) is -1.84. The molecule has 0 spiro atoms. The van der Waals surface area contributed by atoms with Gasteiger partial charge in [-0.15, -0.1) is 0 Å². The van der Waals surface area contributed by atoms with Crippen molar-refractivity contribution in [3.63, 3.8) is 0 Å². The standard InChI is InChI=1S/C18H15F3N6/c1-11-7-12(2)27(26-11)14-4-3-13(15(8-14)18(19,20)21)10-25-17-16(9-22)23-5-6-24-17/h3-8H,10H2,1-2H3,(H,24,25). The second kappa shape index (κ2) is 7.07. The van der Waals surface area contributed by atoms with Crippen molar-refractivity contribution in [2.45, 2.75) is 26.6 Å². The number of nitrogens with one attached hydrogen (secondary N) is 1. The maximum absolute atomic E-state index is 13.6. The minimum absolute atomic E-state index is 0.0188. The third kappa shape index (κ3) is 3.89. The number of aromatic nitrogens is 4. The molecule has 0 radical (unpaired) electrons. The largest absolute Gasteiger partial charge is 0.416 e. The minimum Gasteiger partial charge on any atom is -0.364 e. The van der Waals surface area contributed by atoms with Gasteiger partial charge in [0.2, 0.25) is 0 Å². The lowest BCUT2D eigenvalue weighted by molar-refractivity contribution is -0.138. The van der Waals surface area contributed by atoms with Crippen LogP contribution in [0, 0.1) is 25.2 Å². The highest BCUT2D eigenvalue weighted by atomic mass is 19.4. The number of alkyl halides is 3. The molecule has 1 N–H and O–H groups in total. The van der Waals surface area contributed by atoms with E-state index in [1.807, 2.05) is 6.07 Å². The van der Waals surface area contributed by atoms with Crippen LogP contribution >= 0.6 is 0 Å². The van der Waals surface area contributed by atoms with Crippen molar-refractivity contribution in [1.82, 2.24) is 19.7 Å². The van der Waals surface area contributed by atoms with Gasteiger partial charge in [0.05, 0.1) is 16.9 Å². The number of anilines is 1. The normalized spacial score (nSPS) is 11.3. The van der Waals surface area contributed by atoms with Gasteiger partial charge in [-0.05, 0) is 37.6 Å². The summed E-state index contributed by atoms with van der Waals surface area (Å²) in [6, 6.07) is 7.68. The van der Waals surface area contributed by atoms with E-state index in [2.05, 4.69) is 20.4 Å². The monoisotopic (exact) mass is 372 g/mol. The van der Waals surface area contributed by atoms with Crippen LogP contribution in [-0.2, 0) is 12.7 Å². The summed E-state index contributed by atoms with van der Waals surface area (Å²) in [6.45, 7) is 3.40. The lowest BCUT2D eigenvalue weighted by atomic mass is 10.1. The molecule has 2 aromatic heterocycles. The van der Waals surface area contributed by atoms with Crippen LogP contribution in [0.4, 0.5) is 19.0 Å². The van der Waals surface area contributed by atoms with Crippen molar-refractivity contribution in [3.05, 3.63) is 64.9 Å². The molecule has 3 aromatic rings. The number of hydrogen-bond donors (Lipinski definition) is 1. The zero-order valence-corrected chi connectivity index (χ0v) is 14.5. The SMILES string of the molecule is Cc1cc(C)n(-c2ccc(CNc3nccnc3C#N)c(C(F)(F)F)c2)n1. The third-order valence-corrected chi connectivity index (χ3v) is 3.90. The molecule has 0 aliphatic heterocycles. The number of hydrogen-bond acceptors (Lipinski definition) is 5. The van der Waals surface area contributed by atoms with Gasteiger partial charge in [0, 0.05) is 24.6 Å². The van der Waals surface area contributed by atoms with Crippen LogP contribution in [0.2, 0.25) is 0 Å². The van der Waals surface area contributed by atoms with Gasteiger partial charge in [-0.1, -0.05) is 6.07 Å². The molecule has 6 nitrogen and oxygen atoms in total. The predicted octanol–water partition coefficient (Wildman–Crippen LogP) is 3.78. The lowest BCUT2D eigenvalue weighted by Crippen LogP contribution is -2.14. The van der Waals surface area contributed by atoms with E-state index >= 15 is 0 Å². The van der Waals surface area contributed by atoms with Crippen molar-refractivity contribution in [2.24, 2.45) is 0 Å². The Balaban J connectivity index is 1.96. The fourth-order valence-electron chi connectivity index (χ4n) is 2.73. The van der Waals surface area contributed by atoms with E-state index in [9.17, 15) is 13.2 Å². The van der Waals surface area contributed by atoms with Crippen LogP contribution in [0.25, 0.3) is 5.69 Å². The van der Waals surface area contributed by atoms with Gasteiger partial charge in [-0.2, -0.15) is 23.5 Å². The summed E-state index contributed by atoms with van der Waals surface area (Å²) in [4.78, 5) is 7.77. The minimum atomic E-state index is -4.54. The fraction of sp³-hybridized carbons (Fsp3) is 0.222. The third-order valence-electron chi connectivity index (χ3n) is 3.90. The maximum Gasteiger partial charge on any atom is 0.416 e. The molecule has 3 rings (SSSR count). The van der Waals surface area contributed by atoms with Crippen LogP contribution in [0.5, 0.6) is 0 Å². The number of halogens is 3. The van der Waals surface area contributed by atoms with Crippen LogP contribution < -0.4 is 5.32 Å². The molecule has 2 heterocycles. The summed E-state index contributed by atoms with van der Waals surface area (Å²) in [5.41, 5.74) is 1.06. The van der Waals surface area contributed by atoms with Crippen LogP contribution in [0.3, 0.4) is 0 Å². The van der Waals surface area contributed by atoms with Crippen LogP contribution in [0.15, 0.2) is 36.7 Å². The highest BCUT2D eigenvalue weighted by Crippen LogP contribution is 2.34. The highest BCUT2D eigenvalue weighted by molar-refractivity contribution is 5.49. The van der Waals surface area contributed by atoms with E-state index in [-0.39, 0.29) is 23.6 Å². The van der Waals surface area contributed by atoms with Crippen LogP contribution in [0.1, 0.15) is 28.2 Å². The molecule has 1 aromatic carbocycles. The Labute approximate surface area is 153 Å². The van der Waals surface area contributed by atoms with Crippen molar-refractivity contribution in [2.75, 3.05) is 5.32 Å². The first-order chi connectivity index (χ1) is 12.8. The van der Waals surface area contributed by atoms with Crippen molar-refractivity contribution < 1.29 is 13.2 Å². The molecule has 0 amide bonds. The first-order valence-corrected chi connectivity index (χ1v) is 7.98.